The van der Waals surface area contributed by atoms with E-state index in [0.29, 0.717) is 6.42 Å². The summed E-state index contributed by atoms with van der Waals surface area (Å²) in [5.74, 6) is -1.72. The second kappa shape index (κ2) is 4.85. The minimum Gasteiger partial charge on any atom is -0.481 e. The van der Waals surface area contributed by atoms with Gasteiger partial charge in [-0.3, -0.25) is 9.59 Å². The smallest absolute Gasteiger partial charge is 0.306 e. The van der Waals surface area contributed by atoms with Crippen LogP contribution >= 0.6 is 0 Å². The molecule has 4 heteroatoms. The zero-order chi connectivity index (χ0) is 8.85. The van der Waals surface area contributed by atoms with Crippen molar-refractivity contribution in [2.45, 2.75) is 19.8 Å². The molecule has 0 spiro atoms. The average molecular weight is 160 g/mol. The molecule has 11 heavy (non-hydrogen) atoms. The highest BCUT2D eigenvalue weighted by Gasteiger charge is 2.11. The molecule has 0 amide bonds. The molecule has 1 unspecified atom stereocenters. The van der Waals surface area contributed by atoms with Crippen molar-refractivity contribution in [2.24, 2.45) is 5.92 Å². The van der Waals surface area contributed by atoms with Gasteiger partial charge in [0.15, 0.2) is 5.78 Å². The SMILES string of the molecule is CC(CCC(=O)CO)C(=O)O. The number of carbonyl (C=O) groups is 2. The van der Waals surface area contributed by atoms with Gasteiger partial charge in [-0.1, -0.05) is 6.92 Å². The Bertz CT molecular complexity index is 153. The molecular weight excluding hydrogens is 148 g/mol. The zero-order valence-electron chi connectivity index (χ0n) is 6.41. The van der Waals surface area contributed by atoms with Gasteiger partial charge in [-0.2, -0.15) is 0 Å². The highest BCUT2D eigenvalue weighted by molar-refractivity contribution is 5.80. The van der Waals surface area contributed by atoms with Gasteiger partial charge in [0.2, 0.25) is 0 Å². The van der Waals surface area contributed by atoms with Crippen LogP contribution in [0, 0.1) is 5.92 Å². The van der Waals surface area contributed by atoms with Crippen LogP contribution in [-0.2, 0) is 9.59 Å². The molecule has 1 atom stereocenters. The summed E-state index contributed by atoms with van der Waals surface area (Å²) in [6, 6.07) is 0. The molecule has 0 aliphatic heterocycles. The van der Waals surface area contributed by atoms with Gasteiger partial charge in [-0.05, 0) is 6.42 Å². The number of aliphatic hydroxyl groups is 1. The van der Waals surface area contributed by atoms with Crippen molar-refractivity contribution in [1.29, 1.82) is 0 Å². The van der Waals surface area contributed by atoms with Gasteiger partial charge in [0, 0.05) is 6.42 Å². The van der Waals surface area contributed by atoms with Crippen molar-refractivity contribution in [3.63, 3.8) is 0 Å². The molecule has 0 aliphatic rings. The fourth-order valence-electron chi connectivity index (χ4n) is 0.580. The first-order valence-corrected chi connectivity index (χ1v) is 3.43. The predicted octanol–water partition coefficient (Wildman–Crippen LogP) is 0.0487. The van der Waals surface area contributed by atoms with Gasteiger partial charge in [0.05, 0.1) is 5.92 Å². The van der Waals surface area contributed by atoms with E-state index in [1.165, 1.54) is 6.92 Å². The average Bonchev–Trinajstić information content (AvgIpc) is 1.99. The second-order valence-corrected chi connectivity index (χ2v) is 2.47. The number of carboxylic acid groups (broad SMARTS) is 1. The lowest BCUT2D eigenvalue weighted by Crippen LogP contribution is -2.12. The standard InChI is InChI=1S/C7H12O4/c1-5(7(10)11)2-3-6(9)4-8/h5,8H,2-4H2,1H3,(H,10,11). The van der Waals surface area contributed by atoms with Gasteiger partial charge in [-0.25, -0.2) is 0 Å². The number of ketones is 1. The maximum absolute atomic E-state index is 10.5. The molecular formula is C7H12O4. The van der Waals surface area contributed by atoms with E-state index in [-0.39, 0.29) is 12.2 Å². The highest BCUT2D eigenvalue weighted by atomic mass is 16.4. The number of carboxylic acids is 1. The first-order chi connectivity index (χ1) is 5.07. The first kappa shape index (κ1) is 10.1. The Morgan fingerprint density at radius 3 is 2.36 bits per heavy atom. The van der Waals surface area contributed by atoms with E-state index >= 15 is 0 Å². The van der Waals surface area contributed by atoms with Gasteiger partial charge in [0.25, 0.3) is 0 Å². The van der Waals surface area contributed by atoms with Gasteiger partial charge < -0.3 is 10.2 Å². The summed E-state index contributed by atoms with van der Waals surface area (Å²) >= 11 is 0. The van der Waals surface area contributed by atoms with Crippen LogP contribution < -0.4 is 0 Å². The summed E-state index contributed by atoms with van der Waals surface area (Å²) in [5, 5.41) is 16.7. The molecule has 0 aromatic heterocycles. The number of rotatable bonds is 5. The van der Waals surface area contributed by atoms with Crippen LogP contribution in [0.4, 0.5) is 0 Å². The number of hydrogen-bond acceptors (Lipinski definition) is 3. The summed E-state index contributed by atoms with van der Waals surface area (Å²) in [6.07, 6.45) is 0.443. The molecule has 4 nitrogen and oxygen atoms in total. The lowest BCUT2D eigenvalue weighted by molar-refractivity contribution is -0.141. The molecule has 0 rings (SSSR count). The maximum atomic E-state index is 10.5. The second-order valence-electron chi connectivity index (χ2n) is 2.47. The first-order valence-electron chi connectivity index (χ1n) is 3.43. The Balaban J connectivity index is 3.54. The minimum atomic E-state index is -0.907. The van der Waals surface area contributed by atoms with E-state index in [1.807, 2.05) is 0 Å². The maximum Gasteiger partial charge on any atom is 0.306 e. The lowest BCUT2D eigenvalue weighted by Gasteiger charge is -2.02. The van der Waals surface area contributed by atoms with Crippen molar-refractivity contribution in [3.05, 3.63) is 0 Å². The van der Waals surface area contributed by atoms with Crippen LogP contribution in [0.3, 0.4) is 0 Å². The van der Waals surface area contributed by atoms with E-state index in [9.17, 15) is 9.59 Å². The molecule has 0 saturated carbocycles. The van der Waals surface area contributed by atoms with Crippen LogP contribution in [0.1, 0.15) is 19.8 Å². The third-order valence-corrected chi connectivity index (χ3v) is 1.45. The summed E-state index contributed by atoms with van der Waals surface area (Å²) in [7, 11) is 0. The van der Waals surface area contributed by atoms with Crippen LogP contribution in [-0.4, -0.2) is 28.6 Å². The number of carbonyl (C=O) groups excluding carboxylic acids is 1. The summed E-state index contributed by atoms with van der Waals surface area (Å²) in [6.45, 7) is 1.04. The highest BCUT2D eigenvalue weighted by Crippen LogP contribution is 2.05. The van der Waals surface area contributed by atoms with Gasteiger partial charge in [0.1, 0.15) is 6.61 Å². The van der Waals surface area contributed by atoms with Crippen molar-refractivity contribution in [3.8, 4) is 0 Å². The lowest BCUT2D eigenvalue weighted by atomic mass is 10.0. The Morgan fingerprint density at radius 2 is 2.00 bits per heavy atom. The normalized spacial score (nSPS) is 12.5. The predicted molar refractivity (Wildman–Crippen MR) is 38.1 cm³/mol. The molecule has 0 bridgehead atoms. The molecule has 64 valence electrons. The number of hydrogen-bond donors (Lipinski definition) is 2. The molecule has 0 heterocycles. The quantitative estimate of drug-likeness (QED) is 0.595. The third-order valence-electron chi connectivity index (χ3n) is 1.45. The molecule has 0 aliphatic carbocycles. The van der Waals surface area contributed by atoms with Crippen molar-refractivity contribution in [2.75, 3.05) is 6.61 Å². The van der Waals surface area contributed by atoms with E-state index in [1.54, 1.807) is 0 Å². The summed E-state index contributed by atoms with van der Waals surface area (Å²) in [4.78, 5) is 20.7. The Morgan fingerprint density at radius 1 is 1.45 bits per heavy atom. The van der Waals surface area contributed by atoms with E-state index < -0.39 is 18.5 Å². The Kier molecular flexibility index (Phi) is 4.45. The largest absolute Gasteiger partial charge is 0.481 e. The van der Waals surface area contributed by atoms with Crippen molar-refractivity contribution >= 4 is 11.8 Å². The third kappa shape index (κ3) is 4.50. The fourth-order valence-corrected chi connectivity index (χ4v) is 0.580. The van der Waals surface area contributed by atoms with Crippen molar-refractivity contribution < 1.29 is 19.8 Å². The van der Waals surface area contributed by atoms with E-state index in [4.69, 9.17) is 10.2 Å². The summed E-state index contributed by atoms with van der Waals surface area (Å²) in [5.41, 5.74) is 0. The molecule has 0 saturated heterocycles. The molecule has 0 aromatic rings. The monoisotopic (exact) mass is 160 g/mol. The number of aliphatic carboxylic acids is 1. The fraction of sp³-hybridized carbons (Fsp3) is 0.714. The molecule has 0 aromatic carbocycles. The Labute approximate surface area is 64.8 Å². The molecule has 0 radical (unpaired) electrons. The van der Waals surface area contributed by atoms with E-state index in [0.717, 1.165) is 0 Å². The minimum absolute atomic E-state index is 0.143. The van der Waals surface area contributed by atoms with Crippen LogP contribution in [0.25, 0.3) is 0 Å². The van der Waals surface area contributed by atoms with Crippen molar-refractivity contribution in [1.82, 2.24) is 0 Å². The Hall–Kier alpha value is -0.900. The summed E-state index contributed by atoms with van der Waals surface area (Å²) < 4.78 is 0. The topological polar surface area (TPSA) is 74.6 Å². The number of aliphatic hydroxyl groups excluding tert-OH is 1. The van der Waals surface area contributed by atoms with Crippen LogP contribution in [0.15, 0.2) is 0 Å². The molecule has 2 N–H and O–H groups in total. The van der Waals surface area contributed by atoms with Gasteiger partial charge >= 0.3 is 5.97 Å². The van der Waals surface area contributed by atoms with E-state index in [2.05, 4.69) is 0 Å². The number of Topliss-reactive ketones (excluding diaryl/α,β-unsaturated/α-hetero) is 1. The molecule has 0 fully saturated rings. The van der Waals surface area contributed by atoms with Crippen LogP contribution in [0.5, 0.6) is 0 Å². The van der Waals surface area contributed by atoms with Crippen LogP contribution in [0.2, 0.25) is 0 Å². The zero-order valence-corrected chi connectivity index (χ0v) is 6.41. The van der Waals surface area contributed by atoms with Gasteiger partial charge in [-0.15, -0.1) is 0 Å².